The van der Waals surface area contributed by atoms with E-state index in [1.54, 1.807) is 12.5 Å². The lowest BCUT2D eigenvalue weighted by Gasteiger charge is -2.30. The predicted octanol–water partition coefficient (Wildman–Crippen LogP) is 1.88. The summed E-state index contributed by atoms with van der Waals surface area (Å²) in [6.07, 6.45) is 1.50. The van der Waals surface area contributed by atoms with Crippen molar-refractivity contribution in [3.05, 3.63) is 24.3 Å². The van der Waals surface area contributed by atoms with E-state index in [-0.39, 0.29) is 4.13 Å². The van der Waals surface area contributed by atoms with Crippen LogP contribution in [-0.2, 0) is 40.8 Å². The van der Waals surface area contributed by atoms with Crippen LogP contribution in [0.25, 0.3) is 0 Å². The van der Waals surface area contributed by atoms with Gasteiger partial charge >= 0.3 is 27.4 Å². The molecular weight excluding hydrogens is 516 g/mol. The van der Waals surface area contributed by atoms with Gasteiger partial charge in [-0.25, -0.2) is 8.42 Å². The summed E-state index contributed by atoms with van der Waals surface area (Å²) < 4.78 is 134. The highest BCUT2D eigenvalue weighted by Gasteiger charge is 2.80. The van der Waals surface area contributed by atoms with Crippen LogP contribution in [0.4, 0.5) is 26.3 Å². The van der Waals surface area contributed by atoms with Crippen LogP contribution in [0.15, 0.2) is 29.2 Å². The molecule has 0 aliphatic heterocycles. The molecule has 0 aromatic heterocycles. The minimum absolute atomic E-state index is 0.111. The highest BCUT2D eigenvalue weighted by Crippen LogP contribution is 2.49. The standard InChI is InChI=1S/C15H16F6NO7S3/c1-9(23)7-12(24)13(16,17)14(18,19)15(20,21)31(25,26)22-32(27,28)29-10-5-4-6-11(8-10)30(2)3/h4-6,8,22H,7H2,1-3H3/q+1. The Labute approximate surface area is 182 Å². The molecule has 0 saturated heterocycles. The molecule has 0 atom stereocenters. The molecule has 8 nitrogen and oxygen atoms in total. The SMILES string of the molecule is CC(=O)CC(=O)C(F)(F)C(F)(F)C(F)(F)S(=O)(=O)NS(=O)(=O)Oc1cccc([S+](C)C)c1. The van der Waals surface area contributed by atoms with E-state index < -0.39 is 72.1 Å². The van der Waals surface area contributed by atoms with Gasteiger partial charge in [-0.15, -0.1) is 0 Å². The quantitative estimate of drug-likeness (QED) is 0.262. The Bertz CT molecular complexity index is 1100. The number of rotatable bonds is 11. The van der Waals surface area contributed by atoms with Crippen molar-refractivity contribution in [3.8, 4) is 5.75 Å². The largest absolute Gasteiger partial charge is 0.428 e. The van der Waals surface area contributed by atoms with Crippen LogP contribution in [-0.4, -0.2) is 58.0 Å². The third-order valence-electron chi connectivity index (χ3n) is 3.55. The van der Waals surface area contributed by atoms with Crippen LogP contribution >= 0.6 is 0 Å². The van der Waals surface area contributed by atoms with Gasteiger partial charge in [-0.3, -0.25) is 9.59 Å². The number of sulfonamides is 1. The lowest BCUT2D eigenvalue weighted by atomic mass is 10.0. The Hall–Kier alpha value is -1.85. The second kappa shape index (κ2) is 9.18. The minimum Gasteiger partial charge on any atom is -0.370 e. The molecule has 17 heteroatoms. The lowest BCUT2D eigenvalue weighted by molar-refractivity contribution is -0.267. The van der Waals surface area contributed by atoms with Gasteiger partial charge in [-0.2, -0.15) is 34.8 Å². The minimum atomic E-state index is -7.13. The zero-order valence-corrected chi connectivity index (χ0v) is 18.8. The first-order chi connectivity index (χ1) is 14.2. The first-order valence-electron chi connectivity index (χ1n) is 7.99. The van der Waals surface area contributed by atoms with Gasteiger partial charge in [0.15, 0.2) is 4.90 Å². The fourth-order valence-electron chi connectivity index (χ4n) is 1.97. The molecule has 0 heterocycles. The van der Waals surface area contributed by atoms with E-state index in [2.05, 4.69) is 4.18 Å². The Kier molecular flexibility index (Phi) is 8.09. The van der Waals surface area contributed by atoms with E-state index in [1.807, 2.05) is 0 Å². The van der Waals surface area contributed by atoms with Crippen molar-refractivity contribution < 1.29 is 57.0 Å². The van der Waals surface area contributed by atoms with Crippen molar-refractivity contribution in [2.75, 3.05) is 12.5 Å². The second-order valence-electron chi connectivity index (χ2n) is 6.38. The van der Waals surface area contributed by atoms with Crippen LogP contribution < -0.4 is 8.31 Å². The van der Waals surface area contributed by atoms with Crippen molar-refractivity contribution in [3.63, 3.8) is 0 Å². The van der Waals surface area contributed by atoms with Crippen LogP contribution in [0.1, 0.15) is 13.3 Å². The molecule has 0 radical (unpaired) electrons. The van der Waals surface area contributed by atoms with Crippen molar-refractivity contribution >= 4 is 42.8 Å². The molecular formula is C15H16F6NO7S3+. The molecule has 0 amide bonds. The molecule has 0 aliphatic carbocycles. The van der Waals surface area contributed by atoms with Gasteiger partial charge in [0.1, 0.15) is 24.0 Å². The van der Waals surface area contributed by atoms with Gasteiger partial charge in [0, 0.05) is 17.0 Å². The molecule has 1 N–H and O–H groups in total. The number of nitrogens with one attached hydrogen (secondary N) is 1. The van der Waals surface area contributed by atoms with Gasteiger partial charge in [0.05, 0.1) is 6.42 Å². The predicted molar refractivity (Wildman–Crippen MR) is 101 cm³/mol. The molecule has 32 heavy (non-hydrogen) atoms. The number of alkyl halides is 6. The summed E-state index contributed by atoms with van der Waals surface area (Å²) in [5, 5.41) is -6.83. The Morgan fingerprint density at radius 1 is 1.03 bits per heavy atom. The van der Waals surface area contributed by atoms with E-state index >= 15 is 0 Å². The number of benzene rings is 1. The average molecular weight is 532 g/mol. The molecule has 182 valence electrons. The zero-order valence-electron chi connectivity index (χ0n) is 16.4. The van der Waals surface area contributed by atoms with Gasteiger partial charge < -0.3 is 4.18 Å². The summed E-state index contributed by atoms with van der Waals surface area (Å²) in [5.74, 6) is -18.3. The summed E-state index contributed by atoms with van der Waals surface area (Å²) >= 11 is 0. The van der Waals surface area contributed by atoms with Crippen LogP contribution in [0.5, 0.6) is 5.75 Å². The fourth-order valence-corrected chi connectivity index (χ4v) is 5.13. The molecule has 0 fully saturated rings. The molecule has 0 saturated carbocycles. The Balaban J connectivity index is 3.28. The van der Waals surface area contributed by atoms with Crippen molar-refractivity contribution in [2.24, 2.45) is 0 Å². The topological polar surface area (TPSA) is 124 Å². The third kappa shape index (κ3) is 5.74. The average Bonchev–Trinajstić information content (AvgIpc) is 2.59. The fraction of sp³-hybridized carbons (Fsp3) is 0.467. The van der Waals surface area contributed by atoms with Crippen LogP contribution in [0.2, 0.25) is 0 Å². The highest BCUT2D eigenvalue weighted by molar-refractivity contribution is 8.03. The van der Waals surface area contributed by atoms with E-state index in [4.69, 9.17) is 0 Å². The van der Waals surface area contributed by atoms with Crippen LogP contribution in [0, 0.1) is 0 Å². The molecule has 0 aliphatic rings. The van der Waals surface area contributed by atoms with E-state index in [0.717, 1.165) is 12.1 Å². The summed E-state index contributed by atoms with van der Waals surface area (Å²) in [7, 11) is -13.4. The van der Waals surface area contributed by atoms with Gasteiger partial charge in [-0.1, -0.05) is 10.2 Å². The normalized spacial score (nSPS) is 13.8. The second-order valence-corrected chi connectivity index (χ2v) is 11.7. The number of carbonyl (C=O) groups is 2. The maximum Gasteiger partial charge on any atom is 0.428 e. The smallest absolute Gasteiger partial charge is 0.370 e. The number of carbonyl (C=O) groups excluding carboxylic acids is 2. The lowest BCUT2D eigenvalue weighted by Crippen LogP contribution is -2.63. The van der Waals surface area contributed by atoms with Gasteiger partial charge in [0.2, 0.25) is 5.78 Å². The van der Waals surface area contributed by atoms with E-state index in [1.165, 1.54) is 12.1 Å². The number of ketones is 2. The Morgan fingerprint density at radius 2 is 1.56 bits per heavy atom. The maximum atomic E-state index is 14.0. The van der Waals surface area contributed by atoms with Crippen LogP contribution in [0.3, 0.4) is 0 Å². The summed E-state index contributed by atoms with van der Waals surface area (Å²) in [4.78, 5) is 22.3. The summed E-state index contributed by atoms with van der Waals surface area (Å²) in [6.45, 7) is 0.515. The van der Waals surface area contributed by atoms with Gasteiger partial charge in [0.25, 0.3) is 10.0 Å². The van der Waals surface area contributed by atoms with Crippen molar-refractivity contribution in [1.82, 2.24) is 4.13 Å². The number of hydrogen-bond donors (Lipinski definition) is 1. The molecule has 0 spiro atoms. The molecule has 1 aromatic rings. The summed E-state index contributed by atoms with van der Waals surface area (Å²) in [6, 6.07) is 4.81. The Morgan fingerprint density at radius 3 is 2.03 bits per heavy atom. The number of hydrogen-bond acceptors (Lipinski definition) is 7. The zero-order chi connectivity index (χ0) is 25.3. The molecule has 0 bridgehead atoms. The number of halogens is 6. The maximum absolute atomic E-state index is 14.0. The monoisotopic (exact) mass is 532 g/mol. The van der Waals surface area contributed by atoms with Crippen molar-refractivity contribution in [1.29, 1.82) is 0 Å². The third-order valence-corrected chi connectivity index (χ3v) is 7.79. The van der Waals surface area contributed by atoms with Crippen molar-refractivity contribution in [2.45, 2.75) is 35.3 Å². The first-order valence-corrected chi connectivity index (χ1v) is 12.9. The van der Waals surface area contributed by atoms with Gasteiger partial charge in [-0.05, 0) is 19.1 Å². The molecule has 1 rings (SSSR count). The number of Topliss-reactive ketones (excluding diaryl/α,β-unsaturated/α-hetero) is 2. The highest BCUT2D eigenvalue weighted by atomic mass is 32.3. The molecule has 1 aromatic carbocycles. The molecule has 0 unspecified atom stereocenters. The van der Waals surface area contributed by atoms with E-state index in [0.29, 0.717) is 11.8 Å². The summed E-state index contributed by atoms with van der Waals surface area (Å²) in [5.41, 5.74) is 0. The first kappa shape index (κ1) is 28.2. The van der Waals surface area contributed by atoms with E-state index in [9.17, 15) is 52.8 Å².